The van der Waals surface area contributed by atoms with Crippen LogP contribution in [0.25, 0.3) is 0 Å². The lowest BCUT2D eigenvalue weighted by Crippen LogP contribution is -2.53. The summed E-state index contributed by atoms with van der Waals surface area (Å²) < 4.78 is 1.57. The van der Waals surface area contributed by atoms with Crippen LogP contribution in [0.15, 0.2) is 12.5 Å². The van der Waals surface area contributed by atoms with Crippen LogP contribution >= 0.6 is 0 Å². The van der Waals surface area contributed by atoms with Crippen LogP contribution in [-0.2, 0) is 11.3 Å². The van der Waals surface area contributed by atoms with E-state index >= 15 is 0 Å². The first-order chi connectivity index (χ1) is 10.1. The number of carboxylic acids is 1. The zero-order valence-corrected chi connectivity index (χ0v) is 11.3. The molecule has 1 atom stereocenters. The van der Waals surface area contributed by atoms with Crippen molar-refractivity contribution in [3.63, 3.8) is 0 Å². The highest BCUT2D eigenvalue weighted by Gasteiger charge is 2.23. The average molecular weight is 295 g/mol. The highest BCUT2D eigenvalue weighted by molar-refractivity contribution is 5.87. The highest BCUT2D eigenvalue weighted by atomic mass is 16.4. The first-order valence-corrected chi connectivity index (χ1v) is 6.63. The number of urea groups is 1. The van der Waals surface area contributed by atoms with Gasteiger partial charge in [0.2, 0.25) is 5.91 Å². The van der Waals surface area contributed by atoms with Crippen LogP contribution < -0.4 is 16.0 Å². The summed E-state index contributed by atoms with van der Waals surface area (Å²) in [6.45, 7) is 1.34. The fourth-order valence-corrected chi connectivity index (χ4v) is 2.01. The predicted molar refractivity (Wildman–Crippen MR) is 71.8 cm³/mol. The second-order valence-electron chi connectivity index (χ2n) is 4.69. The lowest BCUT2D eigenvalue weighted by atomic mass is 10.1. The Morgan fingerprint density at radius 3 is 3.00 bits per heavy atom. The molecule has 1 fully saturated rings. The van der Waals surface area contributed by atoms with Gasteiger partial charge in [0.25, 0.3) is 0 Å². The SMILES string of the molecule is O=C(NCCn1cnc(C(=O)O)c1)NC1CCCNC1=O. The van der Waals surface area contributed by atoms with Gasteiger partial charge >= 0.3 is 12.0 Å². The Morgan fingerprint density at radius 2 is 2.33 bits per heavy atom. The van der Waals surface area contributed by atoms with Gasteiger partial charge in [0.1, 0.15) is 6.04 Å². The van der Waals surface area contributed by atoms with Crippen molar-refractivity contribution in [1.29, 1.82) is 0 Å². The van der Waals surface area contributed by atoms with Gasteiger partial charge in [-0.05, 0) is 12.8 Å². The van der Waals surface area contributed by atoms with Gasteiger partial charge in [-0.25, -0.2) is 14.6 Å². The van der Waals surface area contributed by atoms with Crippen molar-refractivity contribution < 1.29 is 19.5 Å². The number of carboxylic acid groups (broad SMARTS) is 1. The molecule has 0 aromatic carbocycles. The lowest BCUT2D eigenvalue weighted by molar-refractivity contribution is -0.124. The van der Waals surface area contributed by atoms with Crippen LogP contribution in [0, 0.1) is 0 Å². The number of amides is 3. The minimum atomic E-state index is -1.09. The maximum absolute atomic E-state index is 11.6. The summed E-state index contributed by atoms with van der Waals surface area (Å²) in [5.74, 6) is -1.26. The van der Waals surface area contributed by atoms with Gasteiger partial charge in [-0.15, -0.1) is 0 Å². The number of hydrogen-bond donors (Lipinski definition) is 4. The van der Waals surface area contributed by atoms with E-state index in [0.29, 0.717) is 26.1 Å². The number of nitrogens with zero attached hydrogens (tertiary/aromatic N) is 2. The summed E-state index contributed by atoms with van der Waals surface area (Å²) in [4.78, 5) is 37.5. The van der Waals surface area contributed by atoms with E-state index in [0.717, 1.165) is 6.42 Å². The van der Waals surface area contributed by atoms with Crippen LogP contribution in [-0.4, -0.2) is 51.7 Å². The Bertz CT molecular complexity index is 542. The molecule has 0 bridgehead atoms. The maximum Gasteiger partial charge on any atom is 0.356 e. The minimum absolute atomic E-state index is 0.0432. The van der Waals surface area contributed by atoms with Crippen LogP contribution in [0.2, 0.25) is 0 Å². The second kappa shape index (κ2) is 6.73. The monoisotopic (exact) mass is 295 g/mol. The summed E-state index contributed by atoms with van der Waals surface area (Å²) >= 11 is 0. The number of rotatable bonds is 5. The molecule has 1 saturated heterocycles. The summed E-state index contributed by atoms with van der Waals surface area (Å²) in [5, 5.41) is 16.6. The Hall–Kier alpha value is -2.58. The number of carbonyl (C=O) groups excluding carboxylic acids is 2. The fourth-order valence-electron chi connectivity index (χ4n) is 2.01. The van der Waals surface area contributed by atoms with Crippen molar-refractivity contribution >= 4 is 17.9 Å². The number of carbonyl (C=O) groups is 3. The molecule has 3 amide bonds. The van der Waals surface area contributed by atoms with Crippen molar-refractivity contribution in [2.75, 3.05) is 13.1 Å². The minimum Gasteiger partial charge on any atom is -0.476 e. The van der Waals surface area contributed by atoms with Gasteiger partial charge in [0.05, 0.1) is 6.33 Å². The number of hydrogen-bond acceptors (Lipinski definition) is 4. The zero-order chi connectivity index (χ0) is 15.2. The lowest BCUT2D eigenvalue weighted by Gasteiger charge is -2.22. The normalized spacial score (nSPS) is 17.9. The zero-order valence-electron chi connectivity index (χ0n) is 11.3. The van der Waals surface area contributed by atoms with Gasteiger partial charge in [0.15, 0.2) is 5.69 Å². The van der Waals surface area contributed by atoms with E-state index in [1.807, 2.05) is 0 Å². The number of imidazole rings is 1. The van der Waals surface area contributed by atoms with Crippen molar-refractivity contribution in [2.24, 2.45) is 0 Å². The van der Waals surface area contributed by atoms with Gasteiger partial charge in [-0.2, -0.15) is 0 Å². The number of piperidine rings is 1. The van der Waals surface area contributed by atoms with E-state index in [4.69, 9.17) is 5.11 Å². The third-order valence-corrected chi connectivity index (χ3v) is 3.10. The molecule has 2 rings (SSSR count). The smallest absolute Gasteiger partial charge is 0.356 e. The fraction of sp³-hybridized carbons (Fsp3) is 0.500. The molecule has 0 saturated carbocycles. The third-order valence-electron chi connectivity index (χ3n) is 3.10. The van der Waals surface area contributed by atoms with Gasteiger partial charge in [0, 0.05) is 25.8 Å². The molecule has 2 heterocycles. The standard InChI is InChI=1S/C12H17N5O4/c18-10-8(2-1-3-13-10)16-12(21)14-4-5-17-6-9(11(19)20)15-7-17/h6-8H,1-5H2,(H,13,18)(H,19,20)(H2,14,16,21). The molecule has 9 nitrogen and oxygen atoms in total. The van der Waals surface area contributed by atoms with E-state index in [-0.39, 0.29) is 11.6 Å². The third kappa shape index (κ3) is 4.20. The first-order valence-electron chi connectivity index (χ1n) is 6.63. The summed E-state index contributed by atoms with van der Waals surface area (Å²) in [5.41, 5.74) is -0.0432. The van der Waals surface area contributed by atoms with E-state index in [1.165, 1.54) is 12.5 Å². The van der Waals surface area contributed by atoms with Crippen LogP contribution in [0.5, 0.6) is 0 Å². The number of aromatic nitrogens is 2. The highest BCUT2D eigenvalue weighted by Crippen LogP contribution is 2.02. The largest absolute Gasteiger partial charge is 0.476 e. The Balaban J connectivity index is 1.71. The summed E-state index contributed by atoms with van der Waals surface area (Å²) in [7, 11) is 0. The van der Waals surface area contributed by atoms with E-state index < -0.39 is 18.0 Å². The predicted octanol–water partition coefficient (Wildman–Crippen LogP) is -0.841. The van der Waals surface area contributed by atoms with Crippen molar-refractivity contribution in [3.8, 4) is 0 Å². The Morgan fingerprint density at radius 1 is 1.52 bits per heavy atom. The Kier molecular flexibility index (Phi) is 4.75. The molecule has 1 aromatic rings. The van der Waals surface area contributed by atoms with Crippen molar-refractivity contribution in [1.82, 2.24) is 25.5 Å². The Labute approximate surface area is 120 Å². The van der Waals surface area contributed by atoms with Crippen molar-refractivity contribution in [2.45, 2.75) is 25.4 Å². The van der Waals surface area contributed by atoms with Crippen LogP contribution in [0.4, 0.5) is 4.79 Å². The topological polar surface area (TPSA) is 125 Å². The second-order valence-corrected chi connectivity index (χ2v) is 4.69. The molecule has 1 unspecified atom stereocenters. The first kappa shape index (κ1) is 14.8. The molecule has 21 heavy (non-hydrogen) atoms. The summed E-state index contributed by atoms with van der Waals surface area (Å²) in [6, 6.07) is -0.916. The van der Waals surface area contributed by atoms with E-state index in [2.05, 4.69) is 20.9 Å². The van der Waals surface area contributed by atoms with Crippen molar-refractivity contribution in [3.05, 3.63) is 18.2 Å². The maximum atomic E-state index is 11.6. The molecule has 4 N–H and O–H groups in total. The van der Waals surface area contributed by atoms with E-state index in [9.17, 15) is 14.4 Å². The molecule has 1 aromatic heterocycles. The van der Waals surface area contributed by atoms with Gasteiger partial charge in [-0.3, -0.25) is 4.79 Å². The summed E-state index contributed by atoms with van der Waals surface area (Å²) in [6.07, 6.45) is 4.24. The van der Waals surface area contributed by atoms with Gasteiger partial charge in [-0.1, -0.05) is 0 Å². The van der Waals surface area contributed by atoms with E-state index in [1.54, 1.807) is 4.57 Å². The molecule has 1 aliphatic heterocycles. The molecule has 114 valence electrons. The molecule has 0 radical (unpaired) electrons. The molecule has 1 aliphatic rings. The number of aromatic carboxylic acids is 1. The van der Waals surface area contributed by atoms with Crippen LogP contribution in [0.1, 0.15) is 23.3 Å². The molecule has 0 aliphatic carbocycles. The molecular weight excluding hydrogens is 278 g/mol. The molecular formula is C12H17N5O4. The van der Waals surface area contributed by atoms with Crippen LogP contribution in [0.3, 0.4) is 0 Å². The average Bonchev–Trinajstić information content (AvgIpc) is 2.90. The number of nitrogens with one attached hydrogen (secondary N) is 3. The molecule has 0 spiro atoms. The molecule has 9 heteroatoms. The quantitative estimate of drug-likeness (QED) is 0.563. The van der Waals surface area contributed by atoms with Gasteiger partial charge < -0.3 is 25.6 Å².